The molecule has 5 heteroatoms. The quantitative estimate of drug-likeness (QED) is 0.788. The molecule has 5 nitrogen and oxygen atoms in total. The van der Waals surface area contributed by atoms with Crippen molar-refractivity contribution in [2.75, 3.05) is 7.11 Å². The Morgan fingerprint density at radius 2 is 1.89 bits per heavy atom. The summed E-state index contributed by atoms with van der Waals surface area (Å²) in [6, 6.07) is 7.56. The third kappa shape index (κ3) is 3.71. The molecule has 2 aliphatic rings. The smallest absolute Gasteiger partial charge is 0.337 e. The number of dihydropyridines is 1. The van der Waals surface area contributed by atoms with Gasteiger partial charge in [0.25, 0.3) is 0 Å². The Kier molecular flexibility index (Phi) is 5.37. The molecule has 150 valence electrons. The molecule has 0 bridgehead atoms. The second-order valence-corrected chi connectivity index (χ2v) is 8.63. The zero-order chi connectivity index (χ0) is 20.6. The van der Waals surface area contributed by atoms with Gasteiger partial charge in [0.1, 0.15) is 5.75 Å². The average molecular weight is 383 g/mol. The Labute approximate surface area is 166 Å². The highest BCUT2D eigenvalue weighted by molar-refractivity contribution is 6.04. The topological polar surface area (TPSA) is 64.6 Å². The van der Waals surface area contributed by atoms with Gasteiger partial charge in [-0.15, -0.1) is 0 Å². The fourth-order valence-electron chi connectivity index (χ4n) is 4.20. The lowest BCUT2D eigenvalue weighted by Gasteiger charge is -2.39. The van der Waals surface area contributed by atoms with Gasteiger partial charge >= 0.3 is 5.97 Å². The normalized spacial score (nSPS) is 21.4. The van der Waals surface area contributed by atoms with E-state index >= 15 is 0 Å². The Morgan fingerprint density at radius 1 is 1.21 bits per heavy atom. The Bertz CT molecular complexity index is 876. The molecular weight excluding hydrogens is 354 g/mol. The van der Waals surface area contributed by atoms with Crippen LogP contribution in [0.1, 0.15) is 58.9 Å². The number of carbonyl (C=O) groups excluding carboxylic acids is 2. The van der Waals surface area contributed by atoms with E-state index in [0.29, 0.717) is 23.3 Å². The van der Waals surface area contributed by atoms with Crippen LogP contribution >= 0.6 is 0 Å². The summed E-state index contributed by atoms with van der Waals surface area (Å²) in [6.45, 7) is 9.70. The number of hydrogen-bond acceptors (Lipinski definition) is 5. The summed E-state index contributed by atoms with van der Waals surface area (Å²) in [6.07, 6.45) is 0.955. The molecule has 1 aliphatic heterocycles. The Hall–Kier alpha value is -2.56. The van der Waals surface area contributed by atoms with E-state index in [1.165, 1.54) is 0 Å². The summed E-state index contributed by atoms with van der Waals surface area (Å²) in [4.78, 5) is 26.2. The number of hydrogen-bond donors (Lipinski definition) is 1. The molecule has 28 heavy (non-hydrogen) atoms. The van der Waals surface area contributed by atoms with E-state index in [-0.39, 0.29) is 17.3 Å². The van der Waals surface area contributed by atoms with Crippen LogP contribution in [0.4, 0.5) is 0 Å². The van der Waals surface area contributed by atoms with E-state index in [4.69, 9.17) is 9.47 Å². The molecule has 0 radical (unpaired) electrons. The standard InChI is InChI=1S/C23H29NO4/c1-13(2)28-22(26)19-14(3)24-16-11-23(4,5)12-17(25)21(16)20(19)15-9-7-8-10-18(15)27-6/h7-10,13,20,24H,11-12H2,1-6H3. The lowest BCUT2D eigenvalue weighted by atomic mass is 9.68. The van der Waals surface area contributed by atoms with Crippen LogP contribution in [0, 0.1) is 5.41 Å². The number of methoxy groups -OCH3 is 1. The number of Topliss-reactive ketones (excluding diaryl/α,β-unsaturated/α-hetero) is 1. The second-order valence-electron chi connectivity index (χ2n) is 8.63. The van der Waals surface area contributed by atoms with Crippen molar-refractivity contribution in [1.82, 2.24) is 5.32 Å². The largest absolute Gasteiger partial charge is 0.496 e. The molecule has 1 heterocycles. The van der Waals surface area contributed by atoms with Crippen molar-refractivity contribution in [3.8, 4) is 5.75 Å². The minimum absolute atomic E-state index is 0.0667. The van der Waals surface area contributed by atoms with Gasteiger partial charge in [-0.05, 0) is 38.7 Å². The number of ether oxygens (including phenoxy) is 2. The maximum absolute atomic E-state index is 13.2. The highest BCUT2D eigenvalue weighted by atomic mass is 16.5. The van der Waals surface area contributed by atoms with Crippen molar-refractivity contribution in [3.05, 3.63) is 52.4 Å². The zero-order valence-electron chi connectivity index (χ0n) is 17.5. The molecule has 1 aliphatic carbocycles. The predicted molar refractivity (Wildman–Crippen MR) is 108 cm³/mol. The van der Waals surface area contributed by atoms with Crippen LogP contribution in [0.3, 0.4) is 0 Å². The maximum Gasteiger partial charge on any atom is 0.337 e. The van der Waals surface area contributed by atoms with E-state index in [1.807, 2.05) is 45.0 Å². The van der Waals surface area contributed by atoms with E-state index < -0.39 is 11.9 Å². The lowest BCUT2D eigenvalue weighted by Crippen LogP contribution is -2.39. The second kappa shape index (κ2) is 7.46. The van der Waals surface area contributed by atoms with Crippen molar-refractivity contribution in [2.45, 2.75) is 59.5 Å². The van der Waals surface area contributed by atoms with Crippen molar-refractivity contribution < 1.29 is 19.1 Å². The molecule has 0 saturated heterocycles. The molecule has 0 fully saturated rings. The Balaban J connectivity index is 2.21. The highest BCUT2D eigenvalue weighted by Gasteiger charge is 2.44. The molecule has 1 unspecified atom stereocenters. The molecule has 0 spiro atoms. The first kappa shape index (κ1) is 20.2. The first-order valence-electron chi connectivity index (χ1n) is 9.72. The molecule has 3 rings (SSSR count). The summed E-state index contributed by atoms with van der Waals surface area (Å²) in [5.74, 6) is -0.180. The van der Waals surface area contributed by atoms with Crippen molar-refractivity contribution in [2.24, 2.45) is 5.41 Å². The molecular formula is C23H29NO4. The molecule has 1 aromatic rings. The number of nitrogens with one attached hydrogen (secondary N) is 1. The summed E-state index contributed by atoms with van der Waals surface area (Å²) in [7, 11) is 1.60. The fourth-order valence-corrected chi connectivity index (χ4v) is 4.20. The van der Waals surface area contributed by atoms with Gasteiger partial charge in [0.2, 0.25) is 0 Å². The number of para-hydroxylation sites is 1. The summed E-state index contributed by atoms with van der Waals surface area (Å²) in [5.41, 5.74) is 3.45. The number of ketones is 1. The number of benzene rings is 1. The number of rotatable bonds is 4. The first-order valence-corrected chi connectivity index (χ1v) is 9.72. The van der Waals surface area contributed by atoms with Crippen LogP contribution in [0.2, 0.25) is 0 Å². The van der Waals surface area contributed by atoms with Gasteiger partial charge in [-0.3, -0.25) is 4.79 Å². The number of carbonyl (C=O) groups is 2. The van der Waals surface area contributed by atoms with E-state index in [9.17, 15) is 9.59 Å². The molecule has 1 N–H and O–H groups in total. The predicted octanol–water partition coefficient (Wildman–Crippen LogP) is 4.25. The zero-order valence-corrected chi connectivity index (χ0v) is 17.5. The SMILES string of the molecule is COc1ccccc1C1C(C(=O)OC(C)C)=C(C)NC2=C1C(=O)CC(C)(C)C2. The third-order valence-corrected chi connectivity index (χ3v) is 5.25. The van der Waals surface area contributed by atoms with Gasteiger partial charge in [0.05, 0.1) is 24.7 Å². The van der Waals surface area contributed by atoms with Gasteiger partial charge in [-0.25, -0.2) is 4.79 Å². The van der Waals surface area contributed by atoms with Crippen LogP contribution in [-0.4, -0.2) is 25.0 Å². The fraction of sp³-hybridized carbons (Fsp3) is 0.478. The Morgan fingerprint density at radius 3 is 2.54 bits per heavy atom. The van der Waals surface area contributed by atoms with Gasteiger partial charge in [0, 0.05) is 29.0 Å². The van der Waals surface area contributed by atoms with Gasteiger partial charge in [0.15, 0.2) is 5.78 Å². The number of allylic oxidation sites excluding steroid dienone is 3. The summed E-state index contributed by atoms with van der Waals surface area (Å²) < 4.78 is 11.1. The minimum Gasteiger partial charge on any atom is -0.496 e. The van der Waals surface area contributed by atoms with Crippen LogP contribution in [0.15, 0.2) is 46.8 Å². The van der Waals surface area contributed by atoms with E-state index in [1.54, 1.807) is 7.11 Å². The van der Waals surface area contributed by atoms with Crippen molar-refractivity contribution in [1.29, 1.82) is 0 Å². The third-order valence-electron chi connectivity index (χ3n) is 5.25. The first-order chi connectivity index (χ1) is 13.1. The molecule has 1 atom stereocenters. The monoisotopic (exact) mass is 383 g/mol. The van der Waals surface area contributed by atoms with Crippen LogP contribution < -0.4 is 10.1 Å². The van der Waals surface area contributed by atoms with Crippen molar-refractivity contribution in [3.63, 3.8) is 0 Å². The molecule has 0 aromatic heterocycles. The molecule has 1 aromatic carbocycles. The van der Waals surface area contributed by atoms with Crippen molar-refractivity contribution >= 4 is 11.8 Å². The maximum atomic E-state index is 13.2. The van der Waals surface area contributed by atoms with E-state index in [0.717, 1.165) is 23.4 Å². The average Bonchev–Trinajstić information content (AvgIpc) is 2.58. The lowest BCUT2D eigenvalue weighted by molar-refractivity contribution is -0.143. The van der Waals surface area contributed by atoms with E-state index in [2.05, 4.69) is 19.2 Å². The minimum atomic E-state index is -0.498. The van der Waals surface area contributed by atoms with Crippen LogP contribution in [0.5, 0.6) is 5.75 Å². The van der Waals surface area contributed by atoms with Gasteiger partial charge < -0.3 is 14.8 Å². The van der Waals surface area contributed by atoms with Crippen LogP contribution in [-0.2, 0) is 14.3 Å². The van der Waals surface area contributed by atoms with Crippen LogP contribution in [0.25, 0.3) is 0 Å². The van der Waals surface area contributed by atoms with Gasteiger partial charge in [-0.1, -0.05) is 32.0 Å². The molecule has 0 saturated carbocycles. The number of esters is 1. The highest BCUT2D eigenvalue weighted by Crippen LogP contribution is 2.48. The summed E-state index contributed by atoms with van der Waals surface area (Å²) in [5, 5.41) is 3.34. The summed E-state index contributed by atoms with van der Waals surface area (Å²) >= 11 is 0. The molecule has 0 amide bonds. The van der Waals surface area contributed by atoms with Gasteiger partial charge in [-0.2, -0.15) is 0 Å².